The third-order valence-corrected chi connectivity index (χ3v) is 2.82. The summed E-state index contributed by atoms with van der Waals surface area (Å²) >= 11 is 0. The lowest BCUT2D eigenvalue weighted by Crippen LogP contribution is -1.78. The SMILES string of the molecule is CC.CC1=CCCC=C1.CC1CCCC1. The minimum Gasteiger partial charge on any atom is -0.0840 e. The summed E-state index contributed by atoms with van der Waals surface area (Å²) in [6.07, 6.45) is 15.1. The molecule has 0 nitrogen and oxygen atoms in total. The van der Waals surface area contributed by atoms with Crippen LogP contribution < -0.4 is 0 Å². The van der Waals surface area contributed by atoms with Crippen LogP contribution >= 0.6 is 0 Å². The second-order valence-electron chi connectivity index (χ2n) is 4.32. The van der Waals surface area contributed by atoms with Gasteiger partial charge in [0, 0.05) is 0 Å². The lowest BCUT2D eigenvalue weighted by atomic mass is 10.1. The van der Waals surface area contributed by atoms with Crippen LogP contribution in [-0.4, -0.2) is 0 Å². The number of hydrogen-bond acceptors (Lipinski definition) is 0. The Morgan fingerprint density at radius 3 is 1.87 bits per heavy atom. The van der Waals surface area contributed by atoms with E-state index in [2.05, 4.69) is 32.1 Å². The molecule has 2 aliphatic carbocycles. The molecule has 0 aromatic rings. The lowest BCUT2D eigenvalue weighted by Gasteiger charge is -1.96. The van der Waals surface area contributed by atoms with Gasteiger partial charge < -0.3 is 0 Å². The molecular weight excluding hydrogens is 180 g/mol. The molecule has 0 aromatic heterocycles. The van der Waals surface area contributed by atoms with Crippen molar-refractivity contribution >= 4 is 0 Å². The van der Waals surface area contributed by atoms with Gasteiger partial charge in [-0.05, 0) is 25.7 Å². The van der Waals surface area contributed by atoms with Crippen LogP contribution in [0.1, 0.15) is 66.2 Å². The quantitative estimate of drug-likeness (QED) is 0.492. The van der Waals surface area contributed by atoms with Gasteiger partial charge in [0.05, 0.1) is 0 Å². The van der Waals surface area contributed by atoms with Gasteiger partial charge in [0.15, 0.2) is 0 Å². The van der Waals surface area contributed by atoms with E-state index in [9.17, 15) is 0 Å². The highest BCUT2D eigenvalue weighted by Gasteiger charge is 2.07. The Hall–Kier alpha value is -0.520. The van der Waals surface area contributed by atoms with E-state index in [-0.39, 0.29) is 0 Å². The minimum absolute atomic E-state index is 1.05. The molecule has 1 saturated carbocycles. The molecule has 0 heteroatoms. The van der Waals surface area contributed by atoms with Crippen molar-refractivity contribution in [2.24, 2.45) is 5.92 Å². The molecule has 0 aromatic carbocycles. The molecule has 0 N–H and O–H groups in total. The summed E-state index contributed by atoms with van der Waals surface area (Å²) < 4.78 is 0. The Bertz CT molecular complexity index is 180. The first kappa shape index (κ1) is 14.5. The molecule has 1 fully saturated rings. The molecule has 0 heterocycles. The Kier molecular flexibility index (Phi) is 9.67. The largest absolute Gasteiger partial charge is 0.0840 e. The predicted octanol–water partition coefficient (Wildman–Crippen LogP) is 5.51. The van der Waals surface area contributed by atoms with Crippen molar-refractivity contribution in [1.82, 2.24) is 0 Å². The second-order valence-corrected chi connectivity index (χ2v) is 4.32. The fourth-order valence-corrected chi connectivity index (χ4v) is 1.87. The molecule has 2 aliphatic rings. The summed E-state index contributed by atoms with van der Waals surface area (Å²) in [5.74, 6) is 1.05. The Labute approximate surface area is 96.5 Å². The van der Waals surface area contributed by atoms with Gasteiger partial charge in [-0.15, -0.1) is 0 Å². The molecule has 0 unspecified atom stereocenters. The molecule has 0 saturated heterocycles. The van der Waals surface area contributed by atoms with E-state index in [1.807, 2.05) is 13.8 Å². The highest BCUT2D eigenvalue weighted by Crippen LogP contribution is 2.22. The lowest BCUT2D eigenvalue weighted by molar-refractivity contribution is 0.612. The summed E-state index contributed by atoms with van der Waals surface area (Å²) in [5, 5.41) is 0. The topological polar surface area (TPSA) is 0 Å². The highest BCUT2D eigenvalue weighted by molar-refractivity contribution is 5.18. The Morgan fingerprint density at radius 1 is 1.07 bits per heavy atom. The van der Waals surface area contributed by atoms with Gasteiger partial charge >= 0.3 is 0 Å². The van der Waals surface area contributed by atoms with Gasteiger partial charge in [0.2, 0.25) is 0 Å². The first-order valence-electron chi connectivity index (χ1n) is 6.62. The van der Waals surface area contributed by atoms with Crippen molar-refractivity contribution in [3.8, 4) is 0 Å². The van der Waals surface area contributed by atoms with E-state index in [0.717, 1.165) is 5.92 Å². The van der Waals surface area contributed by atoms with E-state index in [1.54, 1.807) is 0 Å². The van der Waals surface area contributed by atoms with Crippen LogP contribution in [0.2, 0.25) is 0 Å². The van der Waals surface area contributed by atoms with Crippen molar-refractivity contribution in [2.75, 3.05) is 0 Å². The Balaban J connectivity index is 0.000000227. The normalized spacial score (nSPS) is 19.6. The minimum atomic E-state index is 1.05. The fourth-order valence-electron chi connectivity index (χ4n) is 1.87. The smallest absolute Gasteiger partial charge is 0.0310 e. The van der Waals surface area contributed by atoms with E-state index < -0.39 is 0 Å². The van der Waals surface area contributed by atoms with Crippen LogP contribution in [0.15, 0.2) is 23.8 Å². The maximum Gasteiger partial charge on any atom is -0.0310 e. The van der Waals surface area contributed by atoms with Crippen LogP contribution in [0.4, 0.5) is 0 Å². The third-order valence-electron chi connectivity index (χ3n) is 2.82. The number of rotatable bonds is 0. The molecular formula is C15H28. The van der Waals surface area contributed by atoms with Crippen LogP contribution in [0, 0.1) is 5.92 Å². The summed E-state index contributed by atoms with van der Waals surface area (Å²) in [5.41, 5.74) is 1.41. The van der Waals surface area contributed by atoms with E-state index >= 15 is 0 Å². The zero-order valence-corrected chi connectivity index (χ0v) is 11.1. The average molecular weight is 208 g/mol. The molecule has 0 amide bonds. The molecule has 0 spiro atoms. The highest BCUT2D eigenvalue weighted by atomic mass is 14.1. The standard InChI is InChI=1S/C7H10.C6H12.C2H6/c1-7-5-3-2-4-6-7;1-6-4-2-3-5-6;1-2/h3,5-6H,2,4H2,1H3;6H,2-5H2,1H3;1-2H3. The number of allylic oxidation sites excluding steroid dienone is 4. The average Bonchev–Trinajstić information content (AvgIpc) is 2.74. The number of hydrogen-bond donors (Lipinski definition) is 0. The molecule has 15 heavy (non-hydrogen) atoms. The van der Waals surface area contributed by atoms with Crippen molar-refractivity contribution < 1.29 is 0 Å². The molecule has 0 bridgehead atoms. The maximum atomic E-state index is 2.34. The van der Waals surface area contributed by atoms with Crippen LogP contribution in [0.25, 0.3) is 0 Å². The third kappa shape index (κ3) is 8.47. The van der Waals surface area contributed by atoms with Crippen molar-refractivity contribution in [1.29, 1.82) is 0 Å². The maximum absolute atomic E-state index is 2.34. The van der Waals surface area contributed by atoms with Crippen molar-refractivity contribution in [3.05, 3.63) is 23.8 Å². The summed E-state index contributed by atoms with van der Waals surface area (Å²) in [6, 6.07) is 0. The van der Waals surface area contributed by atoms with E-state index in [1.165, 1.54) is 44.1 Å². The molecule has 2 rings (SSSR count). The van der Waals surface area contributed by atoms with Gasteiger partial charge in [0.1, 0.15) is 0 Å². The Morgan fingerprint density at radius 2 is 1.67 bits per heavy atom. The molecule has 0 atom stereocenters. The summed E-state index contributed by atoms with van der Waals surface area (Å²) in [6.45, 7) is 8.47. The van der Waals surface area contributed by atoms with Gasteiger partial charge in [-0.2, -0.15) is 0 Å². The van der Waals surface area contributed by atoms with E-state index in [0.29, 0.717) is 0 Å². The molecule has 0 aliphatic heterocycles. The van der Waals surface area contributed by atoms with Crippen LogP contribution in [0.5, 0.6) is 0 Å². The fraction of sp³-hybridized carbons (Fsp3) is 0.733. The van der Waals surface area contributed by atoms with E-state index in [4.69, 9.17) is 0 Å². The zero-order chi connectivity index (χ0) is 11.5. The summed E-state index contributed by atoms with van der Waals surface area (Å²) in [4.78, 5) is 0. The van der Waals surface area contributed by atoms with Gasteiger partial charge in [-0.3, -0.25) is 0 Å². The van der Waals surface area contributed by atoms with Gasteiger partial charge in [0.25, 0.3) is 0 Å². The van der Waals surface area contributed by atoms with Gasteiger partial charge in [-0.25, -0.2) is 0 Å². The monoisotopic (exact) mass is 208 g/mol. The molecule has 0 radical (unpaired) electrons. The van der Waals surface area contributed by atoms with Crippen molar-refractivity contribution in [2.45, 2.75) is 66.2 Å². The van der Waals surface area contributed by atoms with Crippen molar-refractivity contribution in [3.63, 3.8) is 0 Å². The first-order valence-corrected chi connectivity index (χ1v) is 6.62. The first-order chi connectivity index (χ1) is 7.29. The van der Waals surface area contributed by atoms with Crippen LogP contribution in [0.3, 0.4) is 0 Å². The molecule has 88 valence electrons. The zero-order valence-electron chi connectivity index (χ0n) is 11.1. The van der Waals surface area contributed by atoms with Crippen LogP contribution in [-0.2, 0) is 0 Å². The summed E-state index contributed by atoms with van der Waals surface area (Å²) in [7, 11) is 0. The predicted molar refractivity (Wildman–Crippen MR) is 71.1 cm³/mol. The second kappa shape index (κ2) is 10.0. The van der Waals surface area contributed by atoms with Gasteiger partial charge in [-0.1, -0.05) is 70.3 Å².